The van der Waals surface area contributed by atoms with E-state index in [1.54, 1.807) is 48.5 Å². The Hall–Kier alpha value is -3.49. The lowest BCUT2D eigenvalue weighted by atomic mass is 10.2. The van der Waals surface area contributed by atoms with Gasteiger partial charge in [-0.3, -0.25) is 14.4 Å². The van der Waals surface area contributed by atoms with E-state index < -0.39 is 24.4 Å². The van der Waals surface area contributed by atoms with Gasteiger partial charge in [0.25, 0.3) is 11.8 Å². The van der Waals surface area contributed by atoms with E-state index in [2.05, 4.69) is 10.6 Å². The minimum atomic E-state index is -0.731. The van der Waals surface area contributed by atoms with Crippen LogP contribution < -0.4 is 15.4 Å². The molecule has 0 atom stereocenters. The van der Waals surface area contributed by atoms with Crippen LogP contribution in [-0.4, -0.2) is 38.0 Å². The standard InChI is InChI=1S/C24H21ClN2O5S/c1-31-18-6-4-5-16(13-18)24(30)26-14-23(29)32-15-22(28)27-20-7-2-3-8-21(20)33-19-11-9-17(25)10-12-19/h2-13H,14-15H2,1H3,(H,26,30)(H,27,28). The number of carbonyl (C=O) groups excluding carboxylic acids is 3. The predicted molar refractivity (Wildman–Crippen MR) is 127 cm³/mol. The quantitative estimate of drug-likeness (QED) is 0.437. The van der Waals surface area contributed by atoms with Crippen LogP contribution in [0.25, 0.3) is 0 Å². The zero-order valence-electron chi connectivity index (χ0n) is 17.7. The van der Waals surface area contributed by atoms with Gasteiger partial charge in [0.15, 0.2) is 6.61 Å². The number of amides is 2. The lowest BCUT2D eigenvalue weighted by molar-refractivity contribution is -0.146. The number of hydrogen-bond donors (Lipinski definition) is 2. The molecule has 2 N–H and O–H groups in total. The van der Waals surface area contributed by atoms with Crippen LogP contribution in [0, 0.1) is 0 Å². The molecule has 0 fully saturated rings. The maximum atomic E-state index is 12.3. The molecule has 3 aromatic rings. The molecular formula is C24H21ClN2O5S. The minimum absolute atomic E-state index is 0.342. The van der Waals surface area contributed by atoms with Gasteiger partial charge in [0.05, 0.1) is 12.8 Å². The van der Waals surface area contributed by atoms with Crippen LogP contribution in [0.3, 0.4) is 0 Å². The molecule has 0 saturated carbocycles. The van der Waals surface area contributed by atoms with E-state index in [1.807, 2.05) is 24.3 Å². The second kappa shape index (κ2) is 11.9. The monoisotopic (exact) mass is 484 g/mol. The molecule has 0 aromatic heterocycles. The van der Waals surface area contributed by atoms with Crippen molar-refractivity contribution in [2.75, 3.05) is 25.6 Å². The molecule has 9 heteroatoms. The summed E-state index contributed by atoms with van der Waals surface area (Å²) in [6.07, 6.45) is 0. The van der Waals surface area contributed by atoms with Crippen molar-refractivity contribution < 1.29 is 23.9 Å². The van der Waals surface area contributed by atoms with Gasteiger partial charge in [-0.1, -0.05) is 41.6 Å². The van der Waals surface area contributed by atoms with Crippen molar-refractivity contribution in [3.05, 3.63) is 83.4 Å². The van der Waals surface area contributed by atoms with Gasteiger partial charge >= 0.3 is 5.97 Å². The first-order chi connectivity index (χ1) is 15.9. The van der Waals surface area contributed by atoms with Crippen LogP contribution >= 0.6 is 23.4 Å². The molecule has 2 amide bonds. The summed E-state index contributed by atoms with van der Waals surface area (Å²) in [6, 6.07) is 21.1. The summed E-state index contributed by atoms with van der Waals surface area (Å²) >= 11 is 7.39. The van der Waals surface area contributed by atoms with Gasteiger partial charge in [0, 0.05) is 20.4 Å². The van der Waals surface area contributed by atoms with Crippen molar-refractivity contribution in [1.82, 2.24) is 5.32 Å². The summed E-state index contributed by atoms with van der Waals surface area (Å²) in [7, 11) is 1.49. The fourth-order valence-corrected chi connectivity index (χ4v) is 3.72. The molecule has 0 bridgehead atoms. The Morgan fingerprint density at radius 2 is 1.73 bits per heavy atom. The summed E-state index contributed by atoms with van der Waals surface area (Å²) in [5, 5.41) is 5.83. The number of esters is 1. The molecule has 0 unspecified atom stereocenters. The first kappa shape index (κ1) is 24.2. The molecule has 3 aromatic carbocycles. The molecule has 0 spiro atoms. The molecule has 33 heavy (non-hydrogen) atoms. The molecule has 3 rings (SSSR count). The third-order valence-electron chi connectivity index (χ3n) is 4.29. The maximum absolute atomic E-state index is 12.3. The van der Waals surface area contributed by atoms with Crippen molar-refractivity contribution >= 4 is 46.8 Å². The Labute approximate surface area is 200 Å². The van der Waals surface area contributed by atoms with Crippen LogP contribution in [0.4, 0.5) is 5.69 Å². The van der Waals surface area contributed by atoms with Gasteiger partial charge < -0.3 is 20.1 Å². The number of para-hydroxylation sites is 1. The predicted octanol–water partition coefficient (Wildman–Crippen LogP) is 4.41. The average molecular weight is 485 g/mol. The number of nitrogens with one attached hydrogen (secondary N) is 2. The summed E-state index contributed by atoms with van der Waals surface area (Å²) < 4.78 is 10.0. The zero-order chi connectivity index (χ0) is 23.6. The number of carbonyl (C=O) groups is 3. The Balaban J connectivity index is 1.47. The Morgan fingerprint density at radius 3 is 2.48 bits per heavy atom. The number of hydrogen-bond acceptors (Lipinski definition) is 6. The second-order valence-corrected chi connectivity index (χ2v) is 8.23. The van der Waals surface area contributed by atoms with Crippen LogP contribution in [0.1, 0.15) is 10.4 Å². The van der Waals surface area contributed by atoms with Crippen molar-refractivity contribution in [3.63, 3.8) is 0 Å². The lowest BCUT2D eigenvalue weighted by Crippen LogP contribution is -2.32. The van der Waals surface area contributed by atoms with E-state index in [0.29, 0.717) is 22.0 Å². The molecule has 0 aliphatic rings. The van der Waals surface area contributed by atoms with E-state index in [0.717, 1.165) is 9.79 Å². The second-order valence-electron chi connectivity index (χ2n) is 6.68. The van der Waals surface area contributed by atoms with Crippen LogP contribution in [0.15, 0.2) is 82.6 Å². The largest absolute Gasteiger partial charge is 0.497 e. The molecule has 170 valence electrons. The van der Waals surface area contributed by atoms with Crippen molar-refractivity contribution in [1.29, 1.82) is 0 Å². The Kier molecular flexibility index (Phi) is 8.74. The van der Waals surface area contributed by atoms with E-state index in [-0.39, 0.29) is 6.54 Å². The smallest absolute Gasteiger partial charge is 0.325 e. The fourth-order valence-electron chi connectivity index (χ4n) is 2.69. The highest BCUT2D eigenvalue weighted by atomic mass is 35.5. The number of anilines is 1. The highest BCUT2D eigenvalue weighted by molar-refractivity contribution is 7.99. The number of halogens is 1. The highest BCUT2D eigenvalue weighted by Crippen LogP contribution is 2.33. The van der Waals surface area contributed by atoms with Gasteiger partial charge in [-0.25, -0.2) is 0 Å². The fraction of sp³-hybridized carbons (Fsp3) is 0.125. The van der Waals surface area contributed by atoms with Gasteiger partial charge in [0.2, 0.25) is 0 Å². The van der Waals surface area contributed by atoms with Gasteiger partial charge in [-0.15, -0.1) is 0 Å². The number of ether oxygens (including phenoxy) is 2. The lowest BCUT2D eigenvalue weighted by Gasteiger charge is -2.11. The topological polar surface area (TPSA) is 93.7 Å². The average Bonchev–Trinajstić information content (AvgIpc) is 2.83. The Bertz CT molecular complexity index is 1140. The first-order valence-corrected chi connectivity index (χ1v) is 11.0. The maximum Gasteiger partial charge on any atom is 0.325 e. The van der Waals surface area contributed by atoms with Crippen molar-refractivity contribution in [2.24, 2.45) is 0 Å². The van der Waals surface area contributed by atoms with Crippen molar-refractivity contribution in [2.45, 2.75) is 9.79 Å². The Morgan fingerprint density at radius 1 is 0.970 bits per heavy atom. The third kappa shape index (κ3) is 7.55. The summed E-state index contributed by atoms with van der Waals surface area (Å²) in [5.41, 5.74) is 0.930. The van der Waals surface area contributed by atoms with E-state index in [9.17, 15) is 14.4 Å². The molecule has 0 aliphatic heterocycles. The summed E-state index contributed by atoms with van der Waals surface area (Å²) in [4.78, 5) is 38.1. The highest BCUT2D eigenvalue weighted by Gasteiger charge is 2.13. The molecule has 0 radical (unpaired) electrons. The zero-order valence-corrected chi connectivity index (χ0v) is 19.2. The van der Waals surface area contributed by atoms with Gasteiger partial charge in [-0.2, -0.15) is 0 Å². The van der Waals surface area contributed by atoms with Gasteiger partial charge in [-0.05, 0) is 54.6 Å². The van der Waals surface area contributed by atoms with Crippen LogP contribution in [-0.2, 0) is 14.3 Å². The normalized spacial score (nSPS) is 10.2. The van der Waals surface area contributed by atoms with Gasteiger partial charge in [0.1, 0.15) is 12.3 Å². The van der Waals surface area contributed by atoms with Crippen LogP contribution in [0.2, 0.25) is 5.02 Å². The molecular weight excluding hydrogens is 464 g/mol. The molecule has 7 nitrogen and oxygen atoms in total. The number of methoxy groups -OCH3 is 1. The van der Waals surface area contributed by atoms with E-state index in [1.165, 1.54) is 18.9 Å². The van der Waals surface area contributed by atoms with E-state index >= 15 is 0 Å². The SMILES string of the molecule is COc1cccc(C(=O)NCC(=O)OCC(=O)Nc2ccccc2Sc2ccc(Cl)cc2)c1. The molecule has 0 saturated heterocycles. The first-order valence-electron chi connectivity index (χ1n) is 9.85. The van der Waals surface area contributed by atoms with Crippen molar-refractivity contribution in [3.8, 4) is 5.75 Å². The van der Waals surface area contributed by atoms with E-state index in [4.69, 9.17) is 21.1 Å². The van der Waals surface area contributed by atoms with Crippen LogP contribution in [0.5, 0.6) is 5.75 Å². The number of rotatable bonds is 9. The minimum Gasteiger partial charge on any atom is -0.497 e. The number of benzene rings is 3. The molecule has 0 heterocycles. The summed E-state index contributed by atoms with van der Waals surface area (Å²) in [6.45, 7) is -0.847. The molecule has 0 aliphatic carbocycles. The third-order valence-corrected chi connectivity index (χ3v) is 5.63. The summed E-state index contributed by atoms with van der Waals surface area (Å²) in [5.74, 6) is -1.16.